The van der Waals surface area contributed by atoms with Crippen molar-refractivity contribution >= 4 is 11.6 Å². The van der Waals surface area contributed by atoms with E-state index in [2.05, 4.69) is 5.32 Å². The first-order valence-electron chi connectivity index (χ1n) is 9.12. The van der Waals surface area contributed by atoms with Gasteiger partial charge >= 0.3 is 0 Å². The second-order valence-corrected chi connectivity index (χ2v) is 6.18. The average molecular weight is 377 g/mol. The van der Waals surface area contributed by atoms with E-state index in [1.807, 2.05) is 62.4 Å². The molecule has 5 nitrogen and oxygen atoms in total. The number of benzene rings is 3. The zero-order valence-electron chi connectivity index (χ0n) is 16.0. The fourth-order valence-electron chi connectivity index (χ4n) is 2.49. The Morgan fingerprint density at radius 2 is 1.25 bits per heavy atom. The normalized spacial score (nSPS) is 10.2. The summed E-state index contributed by atoms with van der Waals surface area (Å²) in [6.07, 6.45) is 0. The number of ether oxygens (including phenoxy) is 3. The molecule has 0 aliphatic heterocycles. The molecule has 28 heavy (non-hydrogen) atoms. The highest BCUT2D eigenvalue weighted by Gasteiger charge is 2.05. The number of carbonyl (C=O) groups is 1. The van der Waals surface area contributed by atoms with E-state index in [-0.39, 0.29) is 12.5 Å². The quantitative estimate of drug-likeness (QED) is 0.586. The van der Waals surface area contributed by atoms with E-state index in [4.69, 9.17) is 14.2 Å². The molecule has 0 unspecified atom stereocenters. The molecule has 0 fully saturated rings. The fraction of sp³-hybridized carbons (Fsp3) is 0.174. The van der Waals surface area contributed by atoms with E-state index in [9.17, 15) is 4.79 Å². The van der Waals surface area contributed by atoms with Crippen molar-refractivity contribution in [2.45, 2.75) is 13.8 Å². The minimum absolute atomic E-state index is 0.0738. The molecule has 3 aromatic rings. The van der Waals surface area contributed by atoms with Crippen molar-refractivity contribution in [2.24, 2.45) is 0 Å². The highest BCUT2D eigenvalue weighted by molar-refractivity contribution is 5.91. The largest absolute Gasteiger partial charge is 0.494 e. The van der Waals surface area contributed by atoms with E-state index < -0.39 is 0 Å². The standard InChI is InChI=1S/C23H23NO4/c1-3-26-19-12-14-20(15-13-19)27-16-23(25)24-18-6-10-22(11-7-18)28-21-8-4-17(2)5-9-21/h4-15H,3,16H2,1-2H3,(H,24,25). The van der Waals surface area contributed by atoms with Gasteiger partial charge in [-0.05, 0) is 74.5 Å². The lowest BCUT2D eigenvalue weighted by atomic mass is 10.2. The summed E-state index contributed by atoms with van der Waals surface area (Å²) >= 11 is 0. The van der Waals surface area contributed by atoms with Crippen LogP contribution in [0.15, 0.2) is 72.8 Å². The van der Waals surface area contributed by atoms with Crippen molar-refractivity contribution in [3.63, 3.8) is 0 Å². The Balaban J connectivity index is 1.47. The van der Waals surface area contributed by atoms with Crippen LogP contribution in [-0.2, 0) is 4.79 Å². The van der Waals surface area contributed by atoms with Gasteiger partial charge in [-0.1, -0.05) is 17.7 Å². The summed E-state index contributed by atoms with van der Waals surface area (Å²) in [6, 6.07) is 22.2. The van der Waals surface area contributed by atoms with Gasteiger partial charge in [-0.3, -0.25) is 4.79 Å². The minimum atomic E-state index is -0.235. The molecule has 0 atom stereocenters. The molecule has 0 aliphatic rings. The van der Waals surface area contributed by atoms with Crippen LogP contribution in [0.25, 0.3) is 0 Å². The number of aryl methyl sites for hydroxylation is 1. The topological polar surface area (TPSA) is 56.8 Å². The van der Waals surface area contributed by atoms with Crippen LogP contribution < -0.4 is 19.5 Å². The van der Waals surface area contributed by atoms with Crippen molar-refractivity contribution in [1.29, 1.82) is 0 Å². The molecule has 1 N–H and O–H groups in total. The van der Waals surface area contributed by atoms with Crippen LogP contribution in [0.3, 0.4) is 0 Å². The highest BCUT2D eigenvalue weighted by atomic mass is 16.5. The number of hydrogen-bond acceptors (Lipinski definition) is 4. The molecule has 3 rings (SSSR count). The average Bonchev–Trinajstić information content (AvgIpc) is 2.71. The zero-order chi connectivity index (χ0) is 19.8. The second-order valence-electron chi connectivity index (χ2n) is 6.18. The third kappa shape index (κ3) is 5.77. The summed E-state index contributed by atoms with van der Waals surface area (Å²) in [7, 11) is 0. The number of carbonyl (C=O) groups excluding carboxylic acids is 1. The maximum Gasteiger partial charge on any atom is 0.262 e. The first kappa shape index (κ1) is 19.3. The van der Waals surface area contributed by atoms with E-state index in [1.54, 1.807) is 24.3 Å². The molecular formula is C23H23NO4. The van der Waals surface area contributed by atoms with Crippen LogP contribution in [0.2, 0.25) is 0 Å². The monoisotopic (exact) mass is 377 g/mol. The van der Waals surface area contributed by atoms with Crippen LogP contribution >= 0.6 is 0 Å². The molecule has 3 aromatic carbocycles. The third-order valence-corrected chi connectivity index (χ3v) is 3.90. The number of rotatable bonds is 8. The van der Waals surface area contributed by atoms with Gasteiger partial charge in [-0.25, -0.2) is 0 Å². The molecule has 144 valence electrons. The fourth-order valence-corrected chi connectivity index (χ4v) is 2.49. The van der Waals surface area contributed by atoms with E-state index in [0.717, 1.165) is 11.5 Å². The van der Waals surface area contributed by atoms with Crippen molar-refractivity contribution in [3.05, 3.63) is 78.4 Å². The number of hydrogen-bond donors (Lipinski definition) is 1. The number of nitrogens with one attached hydrogen (secondary N) is 1. The van der Waals surface area contributed by atoms with Gasteiger partial charge in [0, 0.05) is 5.69 Å². The molecule has 0 aromatic heterocycles. The highest BCUT2D eigenvalue weighted by Crippen LogP contribution is 2.23. The van der Waals surface area contributed by atoms with Crippen LogP contribution in [0.1, 0.15) is 12.5 Å². The van der Waals surface area contributed by atoms with Crippen molar-refractivity contribution < 1.29 is 19.0 Å². The van der Waals surface area contributed by atoms with Crippen molar-refractivity contribution in [3.8, 4) is 23.0 Å². The number of anilines is 1. The molecular weight excluding hydrogens is 354 g/mol. The van der Waals surface area contributed by atoms with Crippen LogP contribution in [0, 0.1) is 6.92 Å². The van der Waals surface area contributed by atoms with Gasteiger partial charge in [0.05, 0.1) is 6.61 Å². The summed E-state index contributed by atoms with van der Waals surface area (Å²) in [6.45, 7) is 4.49. The second kappa shape index (κ2) is 9.46. The molecule has 0 aliphatic carbocycles. The molecule has 0 saturated heterocycles. The predicted molar refractivity (Wildman–Crippen MR) is 109 cm³/mol. The number of amides is 1. The Hall–Kier alpha value is -3.47. The Morgan fingerprint density at radius 3 is 1.82 bits per heavy atom. The van der Waals surface area contributed by atoms with Gasteiger partial charge in [0.25, 0.3) is 5.91 Å². The van der Waals surface area contributed by atoms with Crippen LogP contribution in [-0.4, -0.2) is 19.1 Å². The maximum atomic E-state index is 12.1. The van der Waals surface area contributed by atoms with Crippen LogP contribution in [0.5, 0.6) is 23.0 Å². The first-order chi connectivity index (χ1) is 13.6. The molecule has 0 radical (unpaired) electrons. The van der Waals surface area contributed by atoms with Gasteiger partial charge in [0.2, 0.25) is 0 Å². The van der Waals surface area contributed by atoms with Crippen molar-refractivity contribution in [2.75, 3.05) is 18.5 Å². The summed E-state index contributed by atoms with van der Waals surface area (Å²) in [5.74, 6) is 2.62. The lowest BCUT2D eigenvalue weighted by molar-refractivity contribution is -0.118. The van der Waals surface area contributed by atoms with Gasteiger partial charge in [-0.15, -0.1) is 0 Å². The molecule has 5 heteroatoms. The van der Waals surface area contributed by atoms with Gasteiger partial charge < -0.3 is 19.5 Å². The molecule has 0 bridgehead atoms. The summed E-state index contributed by atoms with van der Waals surface area (Å²) < 4.78 is 16.6. The molecule has 0 saturated carbocycles. The predicted octanol–water partition coefficient (Wildman–Crippen LogP) is 5.20. The molecule has 1 amide bonds. The van der Waals surface area contributed by atoms with Crippen molar-refractivity contribution in [1.82, 2.24) is 0 Å². The Morgan fingerprint density at radius 1 is 0.750 bits per heavy atom. The maximum absolute atomic E-state index is 12.1. The van der Waals surface area contributed by atoms with Crippen LogP contribution in [0.4, 0.5) is 5.69 Å². The SMILES string of the molecule is CCOc1ccc(OCC(=O)Nc2ccc(Oc3ccc(C)cc3)cc2)cc1. The van der Waals surface area contributed by atoms with E-state index in [0.29, 0.717) is 23.8 Å². The first-order valence-corrected chi connectivity index (χ1v) is 9.12. The van der Waals surface area contributed by atoms with E-state index in [1.165, 1.54) is 5.56 Å². The zero-order valence-corrected chi connectivity index (χ0v) is 16.0. The Kier molecular flexibility index (Phi) is 6.52. The minimum Gasteiger partial charge on any atom is -0.494 e. The molecule has 0 spiro atoms. The summed E-state index contributed by atoms with van der Waals surface area (Å²) in [5, 5.41) is 2.80. The summed E-state index contributed by atoms with van der Waals surface area (Å²) in [5.41, 5.74) is 1.86. The lowest BCUT2D eigenvalue weighted by Gasteiger charge is -2.10. The van der Waals surface area contributed by atoms with Gasteiger partial charge in [0.15, 0.2) is 6.61 Å². The Bertz CT molecular complexity index is 887. The Labute approximate surface area is 164 Å². The summed E-state index contributed by atoms with van der Waals surface area (Å²) in [4.78, 5) is 12.1. The third-order valence-electron chi connectivity index (χ3n) is 3.90. The smallest absolute Gasteiger partial charge is 0.262 e. The van der Waals surface area contributed by atoms with E-state index >= 15 is 0 Å². The van der Waals surface area contributed by atoms with Gasteiger partial charge in [-0.2, -0.15) is 0 Å². The lowest BCUT2D eigenvalue weighted by Crippen LogP contribution is -2.20. The van der Waals surface area contributed by atoms with Gasteiger partial charge in [0.1, 0.15) is 23.0 Å². The molecule has 0 heterocycles.